The van der Waals surface area contributed by atoms with Gasteiger partial charge in [-0.05, 0) is 30.2 Å². The normalized spacial score (nSPS) is 15.4. The molecule has 4 rings (SSSR count). The highest BCUT2D eigenvalue weighted by atomic mass is 19.1. The Kier molecular flexibility index (Phi) is 6.27. The van der Waals surface area contributed by atoms with Crippen LogP contribution in [-0.2, 0) is 11.3 Å². The summed E-state index contributed by atoms with van der Waals surface area (Å²) < 4.78 is 25.7. The quantitative estimate of drug-likeness (QED) is 0.502. The molecule has 1 aliphatic rings. The van der Waals surface area contributed by atoms with E-state index in [9.17, 15) is 14.0 Å². The van der Waals surface area contributed by atoms with Crippen LogP contribution in [0.3, 0.4) is 0 Å². The molecule has 5 N–H and O–H groups in total. The number of methoxy groups -OCH3 is 1. The Balaban J connectivity index is 1.52. The molecule has 1 aliphatic heterocycles. The van der Waals surface area contributed by atoms with Crippen LogP contribution < -0.4 is 21.5 Å². The van der Waals surface area contributed by atoms with Gasteiger partial charge in [0, 0.05) is 18.7 Å². The molecule has 33 heavy (non-hydrogen) atoms. The summed E-state index contributed by atoms with van der Waals surface area (Å²) in [7, 11) is 1.41. The average Bonchev–Trinajstić information content (AvgIpc) is 3.45. The average molecular weight is 453 g/mol. The van der Waals surface area contributed by atoms with Gasteiger partial charge in [0.05, 0.1) is 25.3 Å². The maximum Gasteiger partial charge on any atom is 0.255 e. The number of anilines is 1. The summed E-state index contributed by atoms with van der Waals surface area (Å²) in [5, 5.41) is 7.29. The van der Waals surface area contributed by atoms with Gasteiger partial charge in [0.25, 0.3) is 11.8 Å². The third kappa shape index (κ3) is 4.51. The monoisotopic (exact) mass is 453 g/mol. The van der Waals surface area contributed by atoms with Crippen LogP contribution in [0.4, 0.5) is 10.2 Å². The fraction of sp³-hybridized carbons (Fsp3) is 0.261. The third-order valence-electron chi connectivity index (χ3n) is 5.53. The first-order valence-corrected chi connectivity index (χ1v) is 10.4. The largest absolute Gasteiger partial charge is 0.496 e. The van der Waals surface area contributed by atoms with Gasteiger partial charge >= 0.3 is 0 Å². The Hall–Kier alpha value is -3.92. The molecular formula is C23H24FN5O4. The summed E-state index contributed by atoms with van der Waals surface area (Å²) in [4.78, 5) is 24.6. The zero-order valence-electron chi connectivity index (χ0n) is 18.0. The van der Waals surface area contributed by atoms with Gasteiger partial charge < -0.3 is 26.3 Å². The van der Waals surface area contributed by atoms with Gasteiger partial charge in [-0.3, -0.25) is 9.59 Å². The van der Waals surface area contributed by atoms with Crippen LogP contribution >= 0.6 is 0 Å². The van der Waals surface area contributed by atoms with E-state index in [2.05, 4.69) is 10.4 Å². The van der Waals surface area contributed by atoms with Crippen molar-refractivity contribution in [3.05, 3.63) is 65.0 Å². The molecule has 0 bridgehead atoms. The van der Waals surface area contributed by atoms with Crippen molar-refractivity contribution in [2.45, 2.75) is 19.0 Å². The number of aromatic nitrogens is 2. The first kappa shape index (κ1) is 22.3. The Bertz CT molecular complexity index is 1190. The second kappa shape index (κ2) is 9.29. The standard InChI is InChI=1S/C23H24FN5O4/c1-32-18-7-6-15(24)10-17(18)23(31)27-11-13-2-4-14(5-3-13)20-19(22(26)30)21(25)29(28-20)16-8-9-33-12-16/h2-7,10,16H,8-9,11-12,25H2,1H3,(H2,26,30)(H,27,31)/t16-/m0/s1. The van der Waals surface area contributed by atoms with E-state index in [1.54, 1.807) is 28.9 Å². The predicted molar refractivity (Wildman–Crippen MR) is 119 cm³/mol. The van der Waals surface area contributed by atoms with Crippen molar-refractivity contribution in [2.75, 3.05) is 26.1 Å². The van der Waals surface area contributed by atoms with E-state index in [1.165, 1.54) is 19.2 Å². The van der Waals surface area contributed by atoms with Crippen molar-refractivity contribution in [3.8, 4) is 17.0 Å². The van der Waals surface area contributed by atoms with Gasteiger partial charge in [0.1, 0.15) is 28.6 Å². The lowest BCUT2D eigenvalue weighted by molar-refractivity contribution is 0.0946. The second-order valence-corrected chi connectivity index (χ2v) is 7.66. The lowest BCUT2D eigenvalue weighted by Gasteiger charge is -2.10. The van der Waals surface area contributed by atoms with E-state index in [0.29, 0.717) is 24.5 Å². The van der Waals surface area contributed by atoms with Crippen LogP contribution in [0.1, 0.15) is 38.7 Å². The Labute approximate surface area is 189 Å². The van der Waals surface area contributed by atoms with Crippen LogP contribution in [0.5, 0.6) is 5.75 Å². The molecule has 10 heteroatoms. The zero-order chi connectivity index (χ0) is 23.5. The number of primary amides is 1. The molecular weight excluding hydrogens is 429 g/mol. The Morgan fingerprint density at radius 3 is 2.67 bits per heavy atom. The fourth-order valence-electron chi connectivity index (χ4n) is 3.80. The maximum atomic E-state index is 13.5. The molecule has 1 atom stereocenters. The molecule has 2 amide bonds. The molecule has 0 aliphatic carbocycles. The molecule has 2 heterocycles. The summed E-state index contributed by atoms with van der Waals surface area (Å²) in [6.07, 6.45) is 0.748. The van der Waals surface area contributed by atoms with Gasteiger partial charge in [0.2, 0.25) is 0 Å². The van der Waals surface area contributed by atoms with Crippen LogP contribution in [-0.4, -0.2) is 41.9 Å². The fourth-order valence-corrected chi connectivity index (χ4v) is 3.80. The number of benzene rings is 2. The maximum absolute atomic E-state index is 13.5. The number of nitrogen functional groups attached to an aromatic ring is 1. The van der Waals surface area contributed by atoms with Crippen molar-refractivity contribution in [1.29, 1.82) is 0 Å². The van der Waals surface area contributed by atoms with Crippen molar-refractivity contribution < 1.29 is 23.5 Å². The van der Waals surface area contributed by atoms with E-state index >= 15 is 0 Å². The van der Waals surface area contributed by atoms with Gasteiger partial charge in [-0.1, -0.05) is 24.3 Å². The van der Waals surface area contributed by atoms with Crippen molar-refractivity contribution >= 4 is 17.6 Å². The molecule has 0 spiro atoms. The number of carbonyl (C=O) groups is 2. The molecule has 1 fully saturated rings. The van der Waals surface area contributed by atoms with Crippen LogP contribution in [0, 0.1) is 5.82 Å². The molecule has 1 aromatic heterocycles. The number of halogens is 1. The zero-order valence-corrected chi connectivity index (χ0v) is 18.0. The van der Waals surface area contributed by atoms with Crippen molar-refractivity contribution in [3.63, 3.8) is 0 Å². The van der Waals surface area contributed by atoms with Gasteiger partial charge in [-0.25, -0.2) is 9.07 Å². The summed E-state index contributed by atoms with van der Waals surface area (Å²) in [6.45, 7) is 1.28. The number of rotatable bonds is 7. The van der Waals surface area contributed by atoms with Crippen LogP contribution in [0.2, 0.25) is 0 Å². The van der Waals surface area contributed by atoms with E-state index < -0.39 is 17.6 Å². The van der Waals surface area contributed by atoms with Crippen molar-refractivity contribution in [2.24, 2.45) is 5.73 Å². The molecule has 172 valence electrons. The minimum absolute atomic E-state index is 0.0499. The molecule has 1 saturated heterocycles. The van der Waals surface area contributed by atoms with Crippen molar-refractivity contribution in [1.82, 2.24) is 15.1 Å². The minimum atomic E-state index is -0.659. The number of hydrogen-bond acceptors (Lipinski definition) is 6. The number of amides is 2. The summed E-state index contributed by atoms with van der Waals surface area (Å²) in [5.41, 5.74) is 13.9. The molecule has 0 unspecified atom stereocenters. The Morgan fingerprint density at radius 1 is 1.27 bits per heavy atom. The van der Waals surface area contributed by atoms with Crippen LogP contribution in [0.15, 0.2) is 42.5 Å². The number of carbonyl (C=O) groups excluding carboxylic acids is 2. The second-order valence-electron chi connectivity index (χ2n) is 7.66. The number of ether oxygens (including phenoxy) is 2. The van der Waals surface area contributed by atoms with Gasteiger partial charge in [-0.2, -0.15) is 5.10 Å². The molecule has 2 aromatic carbocycles. The number of nitrogens with zero attached hydrogens (tertiary/aromatic N) is 2. The highest BCUT2D eigenvalue weighted by Gasteiger charge is 2.27. The third-order valence-corrected chi connectivity index (χ3v) is 5.53. The Morgan fingerprint density at radius 2 is 2.03 bits per heavy atom. The minimum Gasteiger partial charge on any atom is -0.496 e. The first-order valence-electron chi connectivity index (χ1n) is 10.4. The predicted octanol–water partition coefficient (Wildman–Crippen LogP) is 2.27. The highest BCUT2D eigenvalue weighted by Crippen LogP contribution is 2.31. The summed E-state index contributed by atoms with van der Waals surface area (Å²) >= 11 is 0. The molecule has 9 nitrogen and oxygen atoms in total. The topological polar surface area (TPSA) is 134 Å². The number of nitrogens with one attached hydrogen (secondary N) is 1. The van der Waals surface area contributed by atoms with E-state index in [4.69, 9.17) is 20.9 Å². The van der Waals surface area contributed by atoms with Gasteiger partial charge in [-0.15, -0.1) is 0 Å². The molecule has 3 aromatic rings. The lowest BCUT2D eigenvalue weighted by Crippen LogP contribution is -2.23. The van der Waals surface area contributed by atoms with E-state index in [-0.39, 0.29) is 35.3 Å². The SMILES string of the molecule is COc1ccc(F)cc1C(=O)NCc1ccc(-c2nn([C@H]3CCOC3)c(N)c2C(N)=O)cc1. The molecule has 0 saturated carbocycles. The highest BCUT2D eigenvalue weighted by molar-refractivity contribution is 6.03. The van der Waals surface area contributed by atoms with E-state index in [1.807, 2.05) is 0 Å². The number of hydrogen-bond donors (Lipinski definition) is 3. The van der Waals surface area contributed by atoms with Gasteiger partial charge in [0.15, 0.2) is 0 Å². The summed E-state index contributed by atoms with van der Waals surface area (Å²) in [5.74, 6) is -1.15. The summed E-state index contributed by atoms with van der Waals surface area (Å²) in [6, 6.07) is 10.8. The first-order chi connectivity index (χ1) is 15.9. The van der Waals surface area contributed by atoms with E-state index in [0.717, 1.165) is 18.1 Å². The van der Waals surface area contributed by atoms with Crippen LogP contribution in [0.25, 0.3) is 11.3 Å². The molecule has 0 radical (unpaired) electrons. The number of nitrogens with two attached hydrogens (primary N) is 2. The lowest BCUT2D eigenvalue weighted by atomic mass is 10.0. The smallest absolute Gasteiger partial charge is 0.255 e.